The van der Waals surface area contributed by atoms with Crippen LogP contribution < -0.4 is 5.32 Å². The van der Waals surface area contributed by atoms with Crippen LogP contribution in [0.2, 0.25) is 0 Å². The zero-order valence-corrected chi connectivity index (χ0v) is 15.6. The highest BCUT2D eigenvalue weighted by Crippen LogP contribution is 2.36. The summed E-state index contributed by atoms with van der Waals surface area (Å²) in [6.45, 7) is -0.418. The highest BCUT2D eigenvalue weighted by Gasteiger charge is 2.60. The Morgan fingerprint density at radius 2 is 1.57 bits per heavy atom. The van der Waals surface area contributed by atoms with Crippen LogP contribution in [0.25, 0.3) is 0 Å². The summed E-state index contributed by atoms with van der Waals surface area (Å²) in [5, 5.41) is 2.79. The average Bonchev–Trinajstić information content (AvgIpc) is 2.58. The van der Waals surface area contributed by atoms with E-state index >= 15 is 0 Å². The van der Waals surface area contributed by atoms with E-state index in [9.17, 15) is 44.3 Å². The second kappa shape index (κ2) is 9.35. The van der Waals surface area contributed by atoms with Gasteiger partial charge in [0.1, 0.15) is 5.82 Å². The molecule has 1 N–H and O–H groups in total. The van der Waals surface area contributed by atoms with E-state index in [0.717, 1.165) is 12.1 Å². The minimum Gasteiger partial charge on any atom is -0.426 e. The fourth-order valence-corrected chi connectivity index (χ4v) is 2.56. The summed E-state index contributed by atoms with van der Waals surface area (Å²) in [7, 11) is 0. The first kappa shape index (κ1) is 25.9. The van der Waals surface area contributed by atoms with E-state index in [-0.39, 0.29) is 44.2 Å². The van der Waals surface area contributed by atoms with Gasteiger partial charge in [-0.2, -0.15) is 39.5 Å². The molecule has 0 radical (unpaired) electrons. The summed E-state index contributed by atoms with van der Waals surface area (Å²) >= 11 is 0. The van der Waals surface area contributed by atoms with Gasteiger partial charge in [-0.3, -0.25) is 0 Å². The molecule has 1 saturated heterocycles. The second-order valence-electron chi connectivity index (χ2n) is 6.18. The lowest BCUT2D eigenvalue weighted by atomic mass is 10.1. The number of hydrogen-bond acceptors (Lipinski definition) is 4. The third-order valence-corrected chi connectivity index (χ3v) is 4.01. The molecule has 1 aromatic rings. The molecule has 1 amide bonds. The molecule has 5 nitrogen and oxygen atoms in total. The Morgan fingerprint density at radius 3 is 1.97 bits per heavy atom. The van der Waals surface area contributed by atoms with Crippen molar-refractivity contribution in [3.05, 3.63) is 23.9 Å². The summed E-state index contributed by atoms with van der Waals surface area (Å²) in [5.74, 6) is 0.105. The van der Waals surface area contributed by atoms with Crippen molar-refractivity contribution >= 4 is 24.3 Å². The lowest BCUT2D eigenvalue weighted by molar-refractivity contribution is -0.308. The number of piperidine rings is 1. The van der Waals surface area contributed by atoms with Crippen molar-refractivity contribution in [2.24, 2.45) is 0 Å². The predicted octanol–water partition coefficient (Wildman–Crippen LogP) is 5.03. The Balaban J connectivity index is 0.00000450. The maximum atomic E-state index is 12.5. The number of rotatable bonds is 3. The molecule has 15 heteroatoms. The van der Waals surface area contributed by atoms with Crippen LogP contribution in [0.3, 0.4) is 0 Å². The minimum absolute atomic E-state index is 0. The van der Waals surface area contributed by atoms with E-state index < -0.39 is 42.3 Å². The molecule has 1 aromatic heterocycles. The van der Waals surface area contributed by atoms with Crippen LogP contribution >= 0.6 is 12.4 Å². The fourth-order valence-electron chi connectivity index (χ4n) is 2.56. The standard InChI is InChI=1S/C15H14F9N3O2.ClH/c16-13(17,18)8-1-2-10(25-7-8)26-9-3-5-27(6-4-9)12(28)29-11(14(19,20)21)15(22,23)24;/h1-2,7,9,11H,3-6H2,(H,25,26);1H. The summed E-state index contributed by atoms with van der Waals surface area (Å²) < 4.78 is 116. The zero-order valence-electron chi connectivity index (χ0n) is 14.7. The van der Waals surface area contributed by atoms with Crippen LogP contribution in [-0.2, 0) is 10.9 Å². The average molecular weight is 476 g/mol. The van der Waals surface area contributed by atoms with Gasteiger partial charge in [0.25, 0.3) is 6.10 Å². The molecule has 0 aliphatic carbocycles. The van der Waals surface area contributed by atoms with Crippen LogP contribution in [0.15, 0.2) is 18.3 Å². The number of pyridine rings is 1. The first-order chi connectivity index (χ1) is 13.2. The molecule has 0 bridgehead atoms. The molecule has 0 saturated carbocycles. The van der Waals surface area contributed by atoms with Crippen molar-refractivity contribution in [3.63, 3.8) is 0 Å². The fraction of sp³-hybridized carbons (Fsp3) is 0.600. The van der Waals surface area contributed by atoms with Gasteiger partial charge in [0, 0.05) is 25.3 Å². The molecule has 0 aromatic carbocycles. The number of nitrogens with one attached hydrogen (secondary N) is 1. The Bertz CT molecular complexity index is 685. The van der Waals surface area contributed by atoms with Gasteiger partial charge in [-0.1, -0.05) is 0 Å². The van der Waals surface area contributed by atoms with Gasteiger partial charge in [-0.25, -0.2) is 9.78 Å². The van der Waals surface area contributed by atoms with Crippen molar-refractivity contribution in [3.8, 4) is 0 Å². The number of carbonyl (C=O) groups excluding carboxylic acids is 1. The normalized spacial score (nSPS) is 16.3. The Morgan fingerprint density at radius 1 is 1.03 bits per heavy atom. The second-order valence-corrected chi connectivity index (χ2v) is 6.18. The van der Waals surface area contributed by atoms with E-state index in [1.54, 1.807) is 0 Å². The molecule has 2 rings (SSSR count). The van der Waals surface area contributed by atoms with Gasteiger partial charge in [-0.05, 0) is 25.0 Å². The predicted molar refractivity (Wildman–Crippen MR) is 87.1 cm³/mol. The van der Waals surface area contributed by atoms with Crippen molar-refractivity contribution in [1.82, 2.24) is 9.88 Å². The van der Waals surface area contributed by atoms with Gasteiger partial charge >= 0.3 is 24.6 Å². The maximum Gasteiger partial charge on any atom is 0.434 e. The summed E-state index contributed by atoms with van der Waals surface area (Å²) in [5.41, 5.74) is -0.954. The third kappa shape index (κ3) is 6.99. The van der Waals surface area contributed by atoms with Gasteiger partial charge in [-0.15, -0.1) is 12.4 Å². The molecule has 1 fully saturated rings. The minimum atomic E-state index is -5.80. The number of amides is 1. The molecule has 0 unspecified atom stereocenters. The third-order valence-electron chi connectivity index (χ3n) is 4.01. The molecular formula is C15H15ClF9N3O2. The van der Waals surface area contributed by atoms with Crippen LogP contribution in [0, 0.1) is 0 Å². The summed E-state index contributed by atoms with van der Waals surface area (Å²) in [4.78, 5) is 16.0. The van der Waals surface area contributed by atoms with E-state index in [2.05, 4.69) is 15.0 Å². The molecule has 1 aliphatic heterocycles. The number of anilines is 1. The molecular weight excluding hydrogens is 461 g/mol. The Labute approximate surface area is 170 Å². The first-order valence-electron chi connectivity index (χ1n) is 8.06. The monoisotopic (exact) mass is 475 g/mol. The summed E-state index contributed by atoms with van der Waals surface area (Å²) in [6.07, 6.45) is -21.3. The van der Waals surface area contributed by atoms with Gasteiger partial charge in [0.2, 0.25) is 0 Å². The molecule has 172 valence electrons. The van der Waals surface area contributed by atoms with Gasteiger partial charge in [0.15, 0.2) is 0 Å². The van der Waals surface area contributed by atoms with Crippen molar-refractivity contribution in [2.75, 3.05) is 18.4 Å². The quantitative estimate of drug-likeness (QED) is 0.623. The topological polar surface area (TPSA) is 54.5 Å². The summed E-state index contributed by atoms with van der Waals surface area (Å²) in [6, 6.07) is 1.49. The van der Waals surface area contributed by atoms with Crippen LogP contribution in [-0.4, -0.2) is 53.6 Å². The van der Waals surface area contributed by atoms with Crippen molar-refractivity contribution in [1.29, 1.82) is 0 Å². The number of ether oxygens (including phenoxy) is 1. The molecule has 1 aliphatic rings. The highest BCUT2D eigenvalue weighted by molar-refractivity contribution is 5.85. The van der Waals surface area contributed by atoms with E-state index in [0.29, 0.717) is 11.1 Å². The SMILES string of the molecule is Cl.O=C(OC(C(F)(F)F)C(F)(F)F)N1CCC(Nc2ccc(C(F)(F)F)cn2)CC1. The van der Waals surface area contributed by atoms with E-state index in [1.165, 1.54) is 0 Å². The Kier molecular flexibility index (Phi) is 8.08. The van der Waals surface area contributed by atoms with Crippen LogP contribution in [0.4, 0.5) is 50.1 Å². The lowest BCUT2D eigenvalue weighted by Gasteiger charge is -2.33. The number of nitrogens with zero attached hydrogens (tertiary/aromatic N) is 2. The number of aromatic nitrogens is 1. The zero-order chi connectivity index (χ0) is 22.0. The molecule has 30 heavy (non-hydrogen) atoms. The smallest absolute Gasteiger partial charge is 0.426 e. The van der Waals surface area contributed by atoms with E-state index in [4.69, 9.17) is 0 Å². The number of likely N-dealkylation sites (tertiary alicyclic amines) is 1. The number of hydrogen-bond donors (Lipinski definition) is 1. The largest absolute Gasteiger partial charge is 0.434 e. The van der Waals surface area contributed by atoms with Gasteiger partial charge in [0.05, 0.1) is 5.56 Å². The number of halogens is 10. The first-order valence-corrected chi connectivity index (χ1v) is 8.06. The Hall–Kier alpha value is -2.12. The molecule has 0 spiro atoms. The van der Waals surface area contributed by atoms with Crippen molar-refractivity contribution < 1.29 is 49.0 Å². The van der Waals surface area contributed by atoms with Gasteiger partial charge < -0.3 is 15.0 Å². The van der Waals surface area contributed by atoms with E-state index in [1.807, 2.05) is 0 Å². The number of alkyl halides is 9. The lowest BCUT2D eigenvalue weighted by Crippen LogP contribution is -2.50. The molecule has 2 heterocycles. The van der Waals surface area contributed by atoms with Crippen molar-refractivity contribution in [2.45, 2.75) is 43.5 Å². The maximum absolute atomic E-state index is 12.5. The van der Waals surface area contributed by atoms with Crippen LogP contribution in [0.1, 0.15) is 18.4 Å². The number of carbonyl (C=O) groups is 1. The molecule has 0 atom stereocenters. The highest BCUT2D eigenvalue weighted by atomic mass is 35.5. The van der Waals surface area contributed by atoms with Crippen LogP contribution in [0.5, 0.6) is 0 Å².